The average molecular weight is 266 g/mol. The van der Waals surface area contributed by atoms with Crippen molar-refractivity contribution in [2.24, 2.45) is 5.92 Å². The molecule has 1 unspecified atom stereocenters. The number of anilines is 1. The smallest absolute Gasteiger partial charge is 0.255 e. The van der Waals surface area contributed by atoms with Gasteiger partial charge in [-0.15, -0.1) is 0 Å². The van der Waals surface area contributed by atoms with Crippen molar-refractivity contribution in [2.45, 2.75) is 13.3 Å². The second-order valence-electron chi connectivity index (χ2n) is 4.80. The van der Waals surface area contributed by atoms with Crippen LogP contribution in [0.1, 0.15) is 23.7 Å². The predicted octanol–water partition coefficient (Wildman–Crippen LogP) is 1.91. The molecule has 0 bridgehead atoms. The second-order valence-corrected chi connectivity index (χ2v) is 4.80. The van der Waals surface area contributed by atoms with E-state index in [1.807, 2.05) is 6.92 Å². The van der Waals surface area contributed by atoms with Crippen LogP contribution in [-0.2, 0) is 4.74 Å². The molecule has 1 heterocycles. The Labute approximate surface area is 112 Å². The summed E-state index contributed by atoms with van der Waals surface area (Å²) in [5.41, 5.74) is 6.26. The van der Waals surface area contributed by atoms with Crippen LogP contribution in [0.4, 0.5) is 10.1 Å². The molecule has 0 spiro atoms. The molecule has 0 saturated carbocycles. The molecule has 19 heavy (non-hydrogen) atoms. The molecule has 1 amide bonds. The van der Waals surface area contributed by atoms with E-state index in [9.17, 15) is 9.18 Å². The van der Waals surface area contributed by atoms with Crippen molar-refractivity contribution in [1.82, 2.24) is 4.90 Å². The number of carbonyl (C=O) groups is 1. The van der Waals surface area contributed by atoms with Crippen molar-refractivity contribution in [1.29, 1.82) is 0 Å². The van der Waals surface area contributed by atoms with E-state index in [4.69, 9.17) is 10.5 Å². The first-order chi connectivity index (χ1) is 9.11. The van der Waals surface area contributed by atoms with E-state index in [0.717, 1.165) is 13.0 Å². The fourth-order valence-corrected chi connectivity index (χ4v) is 2.29. The Morgan fingerprint density at radius 1 is 1.58 bits per heavy atom. The molecule has 104 valence electrons. The van der Waals surface area contributed by atoms with Gasteiger partial charge in [-0.25, -0.2) is 4.39 Å². The number of amides is 1. The molecule has 0 radical (unpaired) electrons. The van der Waals surface area contributed by atoms with Crippen LogP contribution in [0.5, 0.6) is 0 Å². The Hall–Kier alpha value is -1.62. The average Bonchev–Trinajstić information content (AvgIpc) is 2.88. The maximum absolute atomic E-state index is 13.0. The Kier molecular flexibility index (Phi) is 4.37. The number of hydrogen-bond donors (Lipinski definition) is 1. The van der Waals surface area contributed by atoms with Crippen LogP contribution < -0.4 is 5.73 Å². The number of hydrogen-bond acceptors (Lipinski definition) is 3. The quantitative estimate of drug-likeness (QED) is 0.847. The lowest BCUT2D eigenvalue weighted by Gasteiger charge is -2.24. The molecule has 1 aliphatic rings. The molecule has 2 rings (SSSR count). The summed E-state index contributed by atoms with van der Waals surface area (Å²) in [5, 5.41) is 0. The predicted molar refractivity (Wildman–Crippen MR) is 71.3 cm³/mol. The summed E-state index contributed by atoms with van der Waals surface area (Å²) < 4.78 is 18.3. The first-order valence-corrected chi connectivity index (χ1v) is 6.54. The van der Waals surface area contributed by atoms with Gasteiger partial charge in [0.2, 0.25) is 0 Å². The van der Waals surface area contributed by atoms with Crippen molar-refractivity contribution in [3.05, 3.63) is 29.6 Å². The molecule has 1 fully saturated rings. The minimum atomic E-state index is -0.429. The van der Waals surface area contributed by atoms with Gasteiger partial charge in [-0.05, 0) is 31.5 Å². The largest absolute Gasteiger partial charge is 0.398 e. The Balaban J connectivity index is 2.10. The maximum atomic E-state index is 13.0. The Bertz CT molecular complexity index is 459. The summed E-state index contributed by atoms with van der Waals surface area (Å²) in [4.78, 5) is 14.1. The first-order valence-electron chi connectivity index (χ1n) is 6.54. The van der Waals surface area contributed by atoms with Crippen LogP contribution in [0.15, 0.2) is 18.2 Å². The van der Waals surface area contributed by atoms with Crippen LogP contribution in [0, 0.1) is 11.7 Å². The van der Waals surface area contributed by atoms with E-state index >= 15 is 0 Å². The van der Waals surface area contributed by atoms with Crippen LogP contribution in [0.2, 0.25) is 0 Å². The zero-order chi connectivity index (χ0) is 13.8. The van der Waals surface area contributed by atoms with Gasteiger partial charge in [0.05, 0.1) is 12.2 Å². The highest BCUT2D eigenvalue weighted by molar-refractivity contribution is 5.99. The summed E-state index contributed by atoms with van der Waals surface area (Å²) in [6.07, 6.45) is 0.975. The molecular formula is C14H19FN2O2. The van der Waals surface area contributed by atoms with Gasteiger partial charge in [-0.3, -0.25) is 4.79 Å². The van der Waals surface area contributed by atoms with Crippen LogP contribution in [0.25, 0.3) is 0 Å². The summed E-state index contributed by atoms with van der Waals surface area (Å²) in [6.45, 7) is 4.64. The summed E-state index contributed by atoms with van der Waals surface area (Å²) in [7, 11) is 0. The van der Waals surface area contributed by atoms with E-state index in [1.165, 1.54) is 18.2 Å². The van der Waals surface area contributed by atoms with E-state index in [1.54, 1.807) is 4.90 Å². The molecule has 0 aromatic heterocycles. The lowest BCUT2D eigenvalue weighted by molar-refractivity contribution is 0.0732. The SMILES string of the molecule is CCN(CC1CCOC1)C(=O)c1ccc(F)cc1N. The van der Waals surface area contributed by atoms with Gasteiger partial charge >= 0.3 is 0 Å². The zero-order valence-corrected chi connectivity index (χ0v) is 11.1. The molecule has 1 aliphatic heterocycles. The van der Waals surface area contributed by atoms with Crippen molar-refractivity contribution < 1.29 is 13.9 Å². The highest BCUT2D eigenvalue weighted by Crippen LogP contribution is 2.19. The monoisotopic (exact) mass is 266 g/mol. The molecular weight excluding hydrogens is 247 g/mol. The van der Waals surface area contributed by atoms with Gasteiger partial charge in [-0.1, -0.05) is 0 Å². The van der Waals surface area contributed by atoms with Gasteiger partial charge in [0, 0.05) is 31.3 Å². The zero-order valence-electron chi connectivity index (χ0n) is 11.1. The third-order valence-electron chi connectivity index (χ3n) is 3.42. The molecule has 4 nitrogen and oxygen atoms in total. The highest BCUT2D eigenvalue weighted by atomic mass is 19.1. The van der Waals surface area contributed by atoms with Crippen molar-refractivity contribution in [3.63, 3.8) is 0 Å². The third-order valence-corrected chi connectivity index (χ3v) is 3.42. The number of benzene rings is 1. The highest BCUT2D eigenvalue weighted by Gasteiger charge is 2.23. The van der Waals surface area contributed by atoms with Crippen molar-refractivity contribution >= 4 is 11.6 Å². The summed E-state index contributed by atoms with van der Waals surface area (Å²) >= 11 is 0. The number of nitrogen functional groups attached to an aromatic ring is 1. The fourth-order valence-electron chi connectivity index (χ4n) is 2.29. The lowest BCUT2D eigenvalue weighted by atomic mass is 10.1. The fraction of sp³-hybridized carbons (Fsp3) is 0.500. The van der Waals surface area contributed by atoms with Crippen molar-refractivity contribution in [3.8, 4) is 0 Å². The number of nitrogens with two attached hydrogens (primary N) is 1. The maximum Gasteiger partial charge on any atom is 0.255 e. The van der Waals surface area contributed by atoms with Gasteiger partial charge < -0.3 is 15.4 Å². The van der Waals surface area contributed by atoms with Gasteiger partial charge in [0.25, 0.3) is 5.91 Å². The van der Waals surface area contributed by atoms with E-state index in [2.05, 4.69) is 0 Å². The molecule has 0 aliphatic carbocycles. The summed E-state index contributed by atoms with van der Waals surface area (Å²) in [6, 6.07) is 3.89. The molecule has 1 atom stereocenters. The van der Waals surface area contributed by atoms with Gasteiger partial charge in [0.1, 0.15) is 5.82 Å². The second kappa shape index (κ2) is 6.02. The van der Waals surface area contributed by atoms with E-state index < -0.39 is 5.82 Å². The standard InChI is InChI=1S/C14H19FN2O2/c1-2-17(8-10-5-6-19-9-10)14(18)12-4-3-11(15)7-13(12)16/h3-4,7,10H,2,5-6,8-9,16H2,1H3. The molecule has 5 heteroatoms. The Morgan fingerprint density at radius 2 is 2.37 bits per heavy atom. The molecule has 2 N–H and O–H groups in total. The summed E-state index contributed by atoms with van der Waals surface area (Å²) in [5.74, 6) is -0.196. The van der Waals surface area contributed by atoms with E-state index in [0.29, 0.717) is 31.2 Å². The topological polar surface area (TPSA) is 55.6 Å². The molecule has 1 aromatic rings. The van der Waals surface area contributed by atoms with Gasteiger partial charge in [0.15, 0.2) is 0 Å². The molecule has 1 aromatic carbocycles. The van der Waals surface area contributed by atoms with Gasteiger partial charge in [-0.2, -0.15) is 0 Å². The number of nitrogens with zero attached hydrogens (tertiary/aromatic N) is 1. The Morgan fingerprint density at radius 3 is 2.95 bits per heavy atom. The molecule has 1 saturated heterocycles. The van der Waals surface area contributed by atoms with E-state index in [-0.39, 0.29) is 11.6 Å². The lowest BCUT2D eigenvalue weighted by Crippen LogP contribution is -2.35. The van der Waals surface area contributed by atoms with Crippen LogP contribution >= 0.6 is 0 Å². The van der Waals surface area contributed by atoms with Crippen LogP contribution in [0.3, 0.4) is 0 Å². The van der Waals surface area contributed by atoms with Crippen molar-refractivity contribution in [2.75, 3.05) is 32.0 Å². The number of carbonyl (C=O) groups excluding carboxylic acids is 1. The minimum absolute atomic E-state index is 0.146. The number of rotatable bonds is 4. The minimum Gasteiger partial charge on any atom is -0.398 e. The number of halogens is 1. The first kappa shape index (κ1) is 13.8. The van der Waals surface area contributed by atoms with Crippen LogP contribution in [-0.4, -0.2) is 37.1 Å². The normalized spacial score (nSPS) is 18.5. The third kappa shape index (κ3) is 3.23. The number of ether oxygens (including phenoxy) is 1.